The highest BCUT2D eigenvalue weighted by molar-refractivity contribution is 6.04. The third-order valence-corrected chi connectivity index (χ3v) is 3.76. The summed E-state index contributed by atoms with van der Waals surface area (Å²) in [6.45, 7) is 5.85. The van der Waals surface area contributed by atoms with Crippen molar-refractivity contribution < 1.29 is 4.79 Å². The van der Waals surface area contributed by atoms with Gasteiger partial charge in [0.25, 0.3) is 5.91 Å². The highest BCUT2D eigenvalue weighted by Gasteiger charge is 2.12. The molecular weight excluding hydrogens is 276 g/mol. The van der Waals surface area contributed by atoms with E-state index >= 15 is 0 Å². The van der Waals surface area contributed by atoms with Gasteiger partial charge in [-0.2, -0.15) is 0 Å². The quantitative estimate of drug-likeness (QED) is 0.910. The molecule has 5 heteroatoms. The first-order valence-corrected chi connectivity index (χ1v) is 7.52. The fraction of sp³-hybridized carbons (Fsp3) is 0.294. The van der Waals surface area contributed by atoms with Crippen LogP contribution in [-0.4, -0.2) is 37.1 Å². The Bertz CT molecular complexity index is 631. The molecule has 2 aromatic rings. The van der Waals surface area contributed by atoms with Gasteiger partial charge in [-0.05, 0) is 31.2 Å². The van der Waals surface area contributed by atoms with Crippen LogP contribution in [0.2, 0.25) is 0 Å². The Balaban J connectivity index is 1.66. The highest BCUT2D eigenvalue weighted by Crippen LogP contribution is 2.14. The topological polar surface area (TPSA) is 57.3 Å². The number of piperazine rings is 1. The maximum atomic E-state index is 12.2. The molecule has 1 aliphatic heterocycles. The summed E-state index contributed by atoms with van der Waals surface area (Å²) in [4.78, 5) is 18.8. The summed E-state index contributed by atoms with van der Waals surface area (Å²) in [5.41, 5.74) is 2.53. The minimum Gasteiger partial charge on any atom is -0.354 e. The van der Waals surface area contributed by atoms with Gasteiger partial charge in [-0.3, -0.25) is 4.79 Å². The van der Waals surface area contributed by atoms with Crippen LogP contribution >= 0.6 is 0 Å². The number of anilines is 2. The van der Waals surface area contributed by atoms with E-state index in [9.17, 15) is 4.79 Å². The summed E-state index contributed by atoms with van der Waals surface area (Å²) in [7, 11) is 0. The van der Waals surface area contributed by atoms with Crippen LogP contribution in [0.15, 0.2) is 42.6 Å². The summed E-state index contributed by atoms with van der Waals surface area (Å²) in [5.74, 6) is 0.789. The van der Waals surface area contributed by atoms with Crippen LogP contribution < -0.4 is 15.5 Å². The number of benzene rings is 1. The monoisotopic (exact) mass is 296 g/mol. The lowest BCUT2D eigenvalue weighted by molar-refractivity contribution is 0.102. The van der Waals surface area contributed by atoms with Gasteiger partial charge >= 0.3 is 0 Å². The van der Waals surface area contributed by atoms with E-state index in [4.69, 9.17) is 0 Å². The Hall–Kier alpha value is -2.40. The molecule has 5 nitrogen and oxygen atoms in total. The Morgan fingerprint density at radius 2 is 1.86 bits per heavy atom. The van der Waals surface area contributed by atoms with Crippen LogP contribution in [0.4, 0.5) is 11.5 Å². The molecule has 0 spiro atoms. The normalized spacial score (nSPS) is 14.7. The molecule has 3 rings (SSSR count). The number of aromatic nitrogens is 1. The molecule has 0 radical (unpaired) electrons. The molecular formula is C17H20N4O. The van der Waals surface area contributed by atoms with Crippen molar-refractivity contribution in [2.45, 2.75) is 6.92 Å². The van der Waals surface area contributed by atoms with Gasteiger partial charge in [0, 0.05) is 38.1 Å². The van der Waals surface area contributed by atoms with Crippen molar-refractivity contribution in [3.8, 4) is 0 Å². The SMILES string of the molecule is Cc1ccc(NC(=O)c2ccc(N3CCNCC3)nc2)cc1. The van der Waals surface area contributed by atoms with E-state index in [1.165, 1.54) is 5.56 Å². The summed E-state index contributed by atoms with van der Waals surface area (Å²) in [5, 5.41) is 6.19. The first kappa shape index (κ1) is 14.5. The van der Waals surface area contributed by atoms with E-state index in [2.05, 4.69) is 20.5 Å². The van der Waals surface area contributed by atoms with Crippen LogP contribution in [0.25, 0.3) is 0 Å². The zero-order valence-electron chi connectivity index (χ0n) is 12.7. The number of hydrogen-bond acceptors (Lipinski definition) is 4. The number of amides is 1. The summed E-state index contributed by atoms with van der Waals surface area (Å²) < 4.78 is 0. The van der Waals surface area contributed by atoms with Gasteiger partial charge in [-0.25, -0.2) is 4.98 Å². The maximum absolute atomic E-state index is 12.2. The third kappa shape index (κ3) is 3.43. The second-order valence-electron chi connectivity index (χ2n) is 5.46. The third-order valence-electron chi connectivity index (χ3n) is 3.76. The molecule has 1 aromatic heterocycles. The molecule has 0 unspecified atom stereocenters. The van der Waals surface area contributed by atoms with Crippen molar-refractivity contribution in [3.63, 3.8) is 0 Å². The van der Waals surface area contributed by atoms with E-state index in [0.29, 0.717) is 5.56 Å². The van der Waals surface area contributed by atoms with Gasteiger partial charge in [-0.15, -0.1) is 0 Å². The zero-order chi connectivity index (χ0) is 15.4. The lowest BCUT2D eigenvalue weighted by atomic mass is 10.2. The molecule has 1 amide bonds. The van der Waals surface area contributed by atoms with E-state index < -0.39 is 0 Å². The predicted octanol–water partition coefficient (Wildman–Crippen LogP) is 2.05. The number of carbonyl (C=O) groups is 1. The molecule has 22 heavy (non-hydrogen) atoms. The molecule has 0 bridgehead atoms. The number of carbonyl (C=O) groups excluding carboxylic acids is 1. The van der Waals surface area contributed by atoms with Crippen LogP contribution in [-0.2, 0) is 0 Å². The van der Waals surface area contributed by atoms with Crippen molar-refractivity contribution in [3.05, 3.63) is 53.7 Å². The molecule has 1 aliphatic rings. The van der Waals surface area contributed by atoms with Gasteiger partial charge in [0.05, 0.1) is 5.56 Å². The standard InChI is InChI=1S/C17H20N4O/c1-13-2-5-15(6-3-13)20-17(22)14-4-7-16(19-12-14)21-10-8-18-9-11-21/h2-7,12,18H,8-11H2,1H3,(H,20,22). The van der Waals surface area contributed by atoms with E-state index in [1.807, 2.05) is 43.3 Å². The molecule has 1 aromatic carbocycles. The Morgan fingerprint density at radius 3 is 2.50 bits per heavy atom. The summed E-state index contributed by atoms with van der Waals surface area (Å²) >= 11 is 0. The lowest BCUT2D eigenvalue weighted by Gasteiger charge is -2.28. The van der Waals surface area contributed by atoms with Crippen molar-refractivity contribution in [1.29, 1.82) is 0 Å². The van der Waals surface area contributed by atoms with Gasteiger partial charge in [0.2, 0.25) is 0 Å². The summed E-state index contributed by atoms with van der Waals surface area (Å²) in [6, 6.07) is 11.5. The molecule has 0 atom stereocenters. The van der Waals surface area contributed by atoms with E-state index in [-0.39, 0.29) is 5.91 Å². The molecule has 114 valence electrons. The van der Waals surface area contributed by atoms with Crippen LogP contribution in [0.1, 0.15) is 15.9 Å². The molecule has 0 saturated carbocycles. The second-order valence-corrected chi connectivity index (χ2v) is 5.46. The van der Waals surface area contributed by atoms with Crippen molar-refractivity contribution in [1.82, 2.24) is 10.3 Å². The molecule has 2 heterocycles. The van der Waals surface area contributed by atoms with Crippen LogP contribution in [0, 0.1) is 6.92 Å². The number of rotatable bonds is 3. The number of nitrogens with one attached hydrogen (secondary N) is 2. The van der Waals surface area contributed by atoms with Gasteiger partial charge in [0.15, 0.2) is 0 Å². The smallest absolute Gasteiger partial charge is 0.257 e. The largest absolute Gasteiger partial charge is 0.354 e. The van der Waals surface area contributed by atoms with Crippen molar-refractivity contribution >= 4 is 17.4 Å². The number of pyridine rings is 1. The minimum atomic E-state index is -0.136. The number of aryl methyl sites for hydroxylation is 1. The minimum absolute atomic E-state index is 0.136. The lowest BCUT2D eigenvalue weighted by Crippen LogP contribution is -2.43. The summed E-state index contributed by atoms with van der Waals surface area (Å²) in [6.07, 6.45) is 1.64. The fourth-order valence-corrected chi connectivity index (χ4v) is 2.44. The van der Waals surface area contributed by atoms with Crippen LogP contribution in [0.3, 0.4) is 0 Å². The second kappa shape index (κ2) is 6.58. The molecule has 2 N–H and O–H groups in total. The predicted molar refractivity (Wildman–Crippen MR) is 88.5 cm³/mol. The first-order valence-electron chi connectivity index (χ1n) is 7.52. The van der Waals surface area contributed by atoms with Gasteiger partial charge in [-0.1, -0.05) is 17.7 Å². The molecule has 1 saturated heterocycles. The Kier molecular flexibility index (Phi) is 4.34. The highest BCUT2D eigenvalue weighted by atomic mass is 16.1. The Labute approximate surface area is 130 Å². The fourth-order valence-electron chi connectivity index (χ4n) is 2.44. The molecule has 0 aliphatic carbocycles. The van der Waals surface area contributed by atoms with Gasteiger partial charge in [0.1, 0.15) is 5.82 Å². The van der Waals surface area contributed by atoms with Crippen LogP contribution in [0.5, 0.6) is 0 Å². The van der Waals surface area contributed by atoms with Crippen molar-refractivity contribution in [2.75, 3.05) is 36.4 Å². The molecule has 1 fully saturated rings. The van der Waals surface area contributed by atoms with E-state index in [0.717, 1.165) is 37.7 Å². The maximum Gasteiger partial charge on any atom is 0.257 e. The van der Waals surface area contributed by atoms with E-state index in [1.54, 1.807) is 6.20 Å². The average Bonchev–Trinajstić information content (AvgIpc) is 2.58. The number of hydrogen-bond donors (Lipinski definition) is 2. The average molecular weight is 296 g/mol. The van der Waals surface area contributed by atoms with Gasteiger partial charge < -0.3 is 15.5 Å². The first-order chi connectivity index (χ1) is 10.7. The number of nitrogens with zero attached hydrogens (tertiary/aromatic N) is 2. The van der Waals surface area contributed by atoms with Crippen molar-refractivity contribution in [2.24, 2.45) is 0 Å². The Morgan fingerprint density at radius 1 is 1.14 bits per heavy atom. The zero-order valence-corrected chi connectivity index (χ0v) is 12.7.